The molecular weight excluding hydrogens is 314 g/mol. The number of carbonyl (C=O) groups is 1. The minimum absolute atomic E-state index is 0.136. The minimum Gasteiger partial charge on any atom is -0.383 e. The van der Waals surface area contributed by atoms with E-state index < -0.39 is 0 Å². The van der Waals surface area contributed by atoms with Crippen LogP contribution in [0.2, 0.25) is 0 Å². The molecule has 0 spiro atoms. The van der Waals surface area contributed by atoms with Gasteiger partial charge in [-0.15, -0.1) is 0 Å². The summed E-state index contributed by atoms with van der Waals surface area (Å²) in [5.74, 6) is 0.628. The van der Waals surface area contributed by atoms with E-state index in [1.807, 2.05) is 4.90 Å². The van der Waals surface area contributed by atoms with Gasteiger partial charge in [0.15, 0.2) is 0 Å². The van der Waals surface area contributed by atoms with Crippen molar-refractivity contribution in [1.29, 1.82) is 0 Å². The van der Waals surface area contributed by atoms with E-state index in [0.29, 0.717) is 31.2 Å². The van der Waals surface area contributed by atoms with Gasteiger partial charge in [-0.1, -0.05) is 25.7 Å². The second-order valence-electron chi connectivity index (χ2n) is 8.22. The fraction of sp³-hybridized carbons (Fsp3) is 0.950. The molecule has 3 aliphatic rings. The van der Waals surface area contributed by atoms with E-state index in [-0.39, 0.29) is 6.03 Å². The first-order valence-electron chi connectivity index (χ1n) is 10.6. The number of nitrogens with zero attached hydrogens (tertiary/aromatic N) is 2. The molecule has 1 saturated carbocycles. The van der Waals surface area contributed by atoms with Gasteiger partial charge in [0.25, 0.3) is 0 Å². The van der Waals surface area contributed by atoms with Gasteiger partial charge in [-0.3, -0.25) is 0 Å². The van der Waals surface area contributed by atoms with Gasteiger partial charge in [-0.05, 0) is 57.5 Å². The minimum atomic E-state index is 0.136. The molecule has 0 aromatic rings. The summed E-state index contributed by atoms with van der Waals surface area (Å²) in [5, 5.41) is 3.31. The first-order valence-corrected chi connectivity index (χ1v) is 10.6. The van der Waals surface area contributed by atoms with Gasteiger partial charge in [0.1, 0.15) is 0 Å². The highest BCUT2D eigenvalue weighted by Gasteiger charge is 2.34. The Kier molecular flexibility index (Phi) is 7.41. The molecule has 2 aliphatic heterocycles. The molecule has 1 N–H and O–H groups in total. The topological polar surface area (TPSA) is 44.8 Å². The van der Waals surface area contributed by atoms with E-state index in [4.69, 9.17) is 4.74 Å². The lowest BCUT2D eigenvalue weighted by Crippen LogP contribution is -2.54. The van der Waals surface area contributed by atoms with Crippen LogP contribution in [-0.4, -0.2) is 67.8 Å². The summed E-state index contributed by atoms with van der Waals surface area (Å²) < 4.78 is 5.28. The van der Waals surface area contributed by atoms with Crippen molar-refractivity contribution in [1.82, 2.24) is 15.1 Å². The van der Waals surface area contributed by atoms with Crippen LogP contribution in [0, 0.1) is 5.92 Å². The molecule has 5 heteroatoms. The Balaban J connectivity index is 1.57. The summed E-state index contributed by atoms with van der Waals surface area (Å²) in [7, 11) is 1.72. The average molecular weight is 352 g/mol. The van der Waals surface area contributed by atoms with Crippen molar-refractivity contribution in [3.63, 3.8) is 0 Å². The molecule has 144 valence electrons. The number of rotatable bonds is 6. The molecular formula is C20H37N3O2. The maximum atomic E-state index is 12.9. The van der Waals surface area contributed by atoms with Crippen LogP contribution < -0.4 is 5.32 Å². The van der Waals surface area contributed by atoms with E-state index in [1.54, 1.807) is 7.11 Å². The molecule has 2 unspecified atom stereocenters. The van der Waals surface area contributed by atoms with E-state index >= 15 is 0 Å². The Morgan fingerprint density at radius 2 is 1.80 bits per heavy atom. The van der Waals surface area contributed by atoms with Crippen LogP contribution in [-0.2, 0) is 4.74 Å². The molecule has 25 heavy (non-hydrogen) atoms. The molecule has 0 aromatic heterocycles. The van der Waals surface area contributed by atoms with Crippen molar-refractivity contribution in [2.75, 3.05) is 39.9 Å². The number of hydrogen-bond acceptors (Lipinski definition) is 3. The molecule has 3 fully saturated rings. The van der Waals surface area contributed by atoms with E-state index in [1.165, 1.54) is 64.5 Å². The zero-order valence-corrected chi connectivity index (χ0v) is 16.0. The third kappa shape index (κ3) is 5.33. The van der Waals surface area contributed by atoms with Gasteiger partial charge in [0.05, 0.1) is 6.61 Å². The lowest BCUT2D eigenvalue weighted by atomic mass is 9.83. The normalized spacial score (nSPS) is 28.4. The molecule has 2 heterocycles. The van der Waals surface area contributed by atoms with Gasteiger partial charge in [0.2, 0.25) is 0 Å². The molecule has 2 saturated heterocycles. The first kappa shape index (κ1) is 19.0. The molecule has 0 radical (unpaired) electrons. The van der Waals surface area contributed by atoms with Gasteiger partial charge < -0.3 is 19.9 Å². The summed E-state index contributed by atoms with van der Waals surface area (Å²) in [6.45, 7) is 4.74. The number of piperidine rings is 2. The number of amides is 2. The Morgan fingerprint density at radius 3 is 2.60 bits per heavy atom. The largest absolute Gasteiger partial charge is 0.383 e. The van der Waals surface area contributed by atoms with E-state index in [2.05, 4.69) is 10.2 Å². The quantitative estimate of drug-likeness (QED) is 0.799. The smallest absolute Gasteiger partial charge is 0.317 e. The number of hydrogen-bond donors (Lipinski definition) is 1. The first-order chi connectivity index (χ1) is 12.3. The van der Waals surface area contributed by atoms with Gasteiger partial charge in [0, 0.05) is 32.3 Å². The summed E-state index contributed by atoms with van der Waals surface area (Å²) in [5.41, 5.74) is 0. The lowest BCUT2D eigenvalue weighted by molar-refractivity contribution is 0.0417. The van der Waals surface area contributed by atoms with E-state index in [9.17, 15) is 4.79 Å². The molecule has 0 aromatic carbocycles. The molecule has 3 rings (SSSR count). The van der Waals surface area contributed by atoms with E-state index in [0.717, 1.165) is 19.4 Å². The van der Waals surface area contributed by atoms with Crippen LogP contribution >= 0.6 is 0 Å². The van der Waals surface area contributed by atoms with Crippen LogP contribution in [0.5, 0.6) is 0 Å². The molecule has 0 bridgehead atoms. The van der Waals surface area contributed by atoms with Crippen LogP contribution in [0.1, 0.15) is 64.2 Å². The average Bonchev–Trinajstić information content (AvgIpc) is 2.66. The predicted octanol–water partition coefficient (Wildman–Crippen LogP) is 3.24. The Morgan fingerprint density at radius 1 is 1.04 bits per heavy atom. The number of urea groups is 1. The number of nitrogens with one attached hydrogen (secondary N) is 1. The van der Waals surface area contributed by atoms with Gasteiger partial charge >= 0.3 is 6.03 Å². The predicted molar refractivity (Wildman–Crippen MR) is 101 cm³/mol. The zero-order chi connectivity index (χ0) is 17.5. The highest BCUT2D eigenvalue weighted by molar-refractivity contribution is 5.74. The third-order valence-corrected chi connectivity index (χ3v) is 6.47. The lowest BCUT2D eigenvalue weighted by Gasteiger charge is -2.45. The second kappa shape index (κ2) is 9.77. The standard InChI is InChI=1S/C20H37N3O2/c1-25-15-14-23(20(24)21-18-9-3-2-4-10-18)16-17-8-7-13-22-12-6-5-11-19(17)22/h17-19H,2-16H2,1H3,(H,21,24). The van der Waals surface area contributed by atoms with Gasteiger partial charge in [-0.25, -0.2) is 4.79 Å². The van der Waals surface area contributed by atoms with Crippen molar-refractivity contribution in [3.05, 3.63) is 0 Å². The second-order valence-corrected chi connectivity index (χ2v) is 8.22. The highest BCUT2D eigenvalue weighted by Crippen LogP contribution is 2.31. The van der Waals surface area contributed by atoms with Crippen molar-refractivity contribution in [2.24, 2.45) is 5.92 Å². The summed E-state index contributed by atoms with van der Waals surface area (Å²) >= 11 is 0. The third-order valence-electron chi connectivity index (χ3n) is 6.47. The summed E-state index contributed by atoms with van der Waals surface area (Å²) in [4.78, 5) is 17.6. The molecule has 2 atom stereocenters. The SMILES string of the molecule is COCCN(CC1CCCN2CCCCC12)C(=O)NC1CCCCC1. The maximum Gasteiger partial charge on any atom is 0.317 e. The fourth-order valence-corrected chi connectivity index (χ4v) is 5.06. The number of carbonyl (C=O) groups excluding carboxylic acids is 1. The van der Waals surface area contributed by atoms with Gasteiger partial charge in [-0.2, -0.15) is 0 Å². The van der Waals surface area contributed by atoms with Crippen LogP contribution in [0.4, 0.5) is 4.79 Å². The zero-order valence-electron chi connectivity index (χ0n) is 16.0. The Labute approximate surface area is 153 Å². The molecule has 1 aliphatic carbocycles. The number of ether oxygens (including phenoxy) is 1. The Hall–Kier alpha value is -0.810. The summed E-state index contributed by atoms with van der Waals surface area (Å²) in [6, 6.07) is 1.20. The van der Waals surface area contributed by atoms with Crippen molar-refractivity contribution in [3.8, 4) is 0 Å². The van der Waals surface area contributed by atoms with Crippen LogP contribution in [0.25, 0.3) is 0 Å². The van der Waals surface area contributed by atoms with Crippen LogP contribution in [0.15, 0.2) is 0 Å². The van der Waals surface area contributed by atoms with Crippen molar-refractivity contribution in [2.45, 2.75) is 76.3 Å². The van der Waals surface area contributed by atoms with Crippen LogP contribution in [0.3, 0.4) is 0 Å². The highest BCUT2D eigenvalue weighted by atomic mass is 16.5. The van der Waals surface area contributed by atoms with Crippen molar-refractivity contribution < 1.29 is 9.53 Å². The Bertz CT molecular complexity index is 410. The fourth-order valence-electron chi connectivity index (χ4n) is 5.06. The summed E-state index contributed by atoms with van der Waals surface area (Å²) in [6.07, 6.45) is 12.7. The molecule has 5 nitrogen and oxygen atoms in total. The maximum absolute atomic E-state index is 12.9. The molecule has 2 amide bonds. The number of fused-ring (bicyclic) bond motifs is 1. The monoisotopic (exact) mass is 351 g/mol. The number of methoxy groups -OCH3 is 1. The van der Waals surface area contributed by atoms with Crippen molar-refractivity contribution >= 4 is 6.03 Å².